The molecule has 1 fully saturated rings. The van der Waals surface area contributed by atoms with Gasteiger partial charge in [0, 0.05) is 24.6 Å². The van der Waals surface area contributed by atoms with E-state index in [-0.39, 0.29) is 17.3 Å². The fourth-order valence-corrected chi connectivity index (χ4v) is 2.73. The summed E-state index contributed by atoms with van der Waals surface area (Å²) in [4.78, 5) is 26.1. The first kappa shape index (κ1) is 20.1. The zero-order valence-electron chi connectivity index (χ0n) is 14.9. The van der Waals surface area contributed by atoms with Gasteiger partial charge in [-0.25, -0.2) is 4.79 Å². The standard InChI is InChI=1S/C18H22F3NO4/c1-17(2,3)26-16(24)22-9-7-12(8-10-22)15(23)13-5-4-6-14(11-13)25-18(19,20)21/h4-6,11-12H,7-10H2,1-3H3. The van der Waals surface area contributed by atoms with Crippen molar-refractivity contribution in [3.8, 4) is 5.75 Å². The van der Waals surface area contributed by atoms with Crippen LogP contribution in [-0.4, -0.2) is 41.8 Å². The molecule has 8 heteroatoms. The van der Waals surface area contributed by atoms with Crippen molar-refractivity contribution in [1.29, 1.82) is 0 Å². The smallest absolute Gasteiger partial charge is 0.444 e. The van der Waals surface area contributed by atoms with Gasteiger partial charge >= 0.3 is 12.5 Å². The van der Waals surface area contributed by atoms with Crippen LogP contribution >= 0.6 is 0 Å². The molecule has 0 aliphatic carbocycles. The molecule has 0 N–H and O–H groups in total. The maximum Gasteiger partial charge on any atom is 0.573 e. The maximum absolute atomic E-state index is 12.6. The van der Waals surface area contributed by atoms with E-state index in [9.17, 15) is 22.8 Å². The van der Waals surface area contributed by atoms with Gasteiger partial charge in [-0.05, 0) is 45.7 Å². The quantitative estimate of drug-likeness (QED) is 0.736. The Bertz CT molecular complexity index is 659. The minimum Gasteiger partial charge on any atom is -0.444 e. The number of amides is 1. The largest absolute Gasteiger partial charge is 0.573 e. The predicted molar refractivity (Wildman–Crippen MR) is 88.0 cm³/mol. The predicted octanol–water partition coefficient (Wildman–Crippen LogP) is 4.42. The van der Waals surface area contributed by atoms with E-state index in [1.54, 1.807) is 20.8 Å². The van der Waals surface area contributed by atoms with E-state index in [2.05, 4.69) is 4.74 Å². The van der Waals surface area contributed by atoms with Crippen molar-refractivity contribution < 1.29 is 32.2 Å². The number of piperidine rings is 1. The molecule has 26 heavy (non-hydrogen) atoms. The number of carbonyl (C=O) groups is 2. The zero-order chi connectivity index (χ0) is 19.5. The van der Waals surface area contributed by atoms with Crippen LogP contribution in [0.15, 0.2) is 24.3 Å². The van der Waals surface area contributed by atoms with Crippen LogP contribution in [0.5, 0.6) is 5.75 Å². The molecule has 144 valence electrons. The highest BCUT2D eigenvalue weighted by molar-refractivity contribution is 5.98. The lowest BCUT2D eigenvalue weighted by atomic mass is 9.89. The lowest BCUT2D eigenvalue weighted by Crippen LogP contribution is -2.43. The summed E-state index contributed by atoms with van der Waals surface area (Å²) in [5, 5.41) is 0. The van der Waals surface area contributed by atoms with Gasteiger partial charge in [-0.3, -0.25) is 4.79 Å². The number of rotatable bonds is 3. The number of Topliss-reactive ketones (excluding diaryl/α,β-unsaturated/α-hetero) is 1. The number of benzene rings is 1. The van der Waals surface area contributed by atoms with Crippen molar-refractivity contribution in [2.24, 2.45) is 5.92 Å². The van der Waals surface area contributed by atoms with Crippen molar-refractivity contribution >= 4 is 11.9 Å². The molecule has 0 aromatic heterocycles. The highest BCUT2D eigenvalue weighted by Crippen LogP contribution is 2.27. The summed E-state index contributed by atoms with van der Waals surface area (Å²) in [6, 6.07) is 5.06. The van der Waals surface area contributed by atoms with Crippen LogP contribution in [-0.2, 0) is 4.74 Å². The minimum absolute atomic E-state index is 0.169. The van der Waals surface area contributed by atoms with Gasteiger partial charge in [-0.1, -0.05) is 12.1 Å². The summed E-state index contributed by atoms with van der Waals surface area (Å²) < 4.78 is 46.1. The van der Waals surface area contributed by atoms with Crippen LogP contribution in [0.2, 0.25) is 0 Å². The van der Waals surface area contributed by atoms with Gasteiger partial charge in [-0.15, -0.1) is 13.2 Å². The Kier molecular flexibility index (Phi) is 5.83. The Balaban J connectivity index is 1.96. The molecule has 0 radical (unpaired) electrons. The summed E-state index contributed by atoms with van der Waals surface area (Å²) in [7, 11) is 0. The van der Waals surface area contributed by atoms with Gasteiger partial charge in [0.05, 0.1) is 0 Å². The van der Waals surface area contributed by atoms with Gasteiger partial charge in [-0.2, -0.15) is 0 Å². The molecule has 2 rings (SSSR count). The van der Waals surface area contributed by atoms with Crippen LogP contribution in [0, 0.1) is 5.92 Å². The third-order valence-electron chi connectivity index (χ3n) is 3.87. The number of ether oxygens (including phenoxy) is 2. The third-order valence-corrected chi connectivity index (χ3v) is 3.87. The number of ketones is 1. The zero-order valence-corrected chi connectivity index (χ0v) is 14.9. The van der Waals surface area contributed by atoms with E-state index in [0.29, 0.717) is 25.9 Å². The fraction of sp³-hybridized carbons (Fsp3) is 0.556. The molecule has 1 aliphatic rings. The number of hydrogen-bond donors (Lipinski definition) is 0. The highest BCUT2D eigenvalue weighted by atomic mass is 19.4. The second-order valence-corrected chi connectivity index (χ2v) is 7.18. The number of hydrogen-bond acceptors (Lipinski definition) is 4. The van der Waals surface area contributed by atoms with E-state index in [1.165, 1.54) is 17.0 Å². The molecule has 0 unspecified atom stereocenters. The molecular weight excluding hydrogens is 351 g/mol. The summed E-state index contributed by atoms with van der Waals surface area (Å²) in [5.41, 5.74) is -0.426. The van der Waals surface area contributed by atoms with Crippen LogP contribution in [0.1, 0.15) is 44.0 Å². The molecule has 0 bridgehead atoms. The van der Waals surface area contributed by atoms with E-state index < -0.39 is 23.8 Å². The Hall–Kier alpha value is -2.25. The van der Waals surface area contributed by atoms with E-state index in [0.717, 1.165) is 12.1 Å². The van der Waals surface area contributed by atoms with Gasteiger partial charge in [0.15, 0.2) is 5.78 Å². The van der Waals surface area contributed by atoms with Crippen molar-refractivity contribution in [2.45, 2.75) is 45.6 Å². The van der Waals surface area contributed by atoms with Crippen LogP contribution in [0.4, 0.5) is 18.0 Å². The Morgan fingerprint density at radius 3 is 2.27 bits per heavy atom. The van der Waals surface area contributed by atoms with Gasteiger partial charge in [0.25, 0.3) is 0 Å². The van der Waals surface area contributed by atoms with Gasteiger partial charge in [0.1, 0.15) is 11.4 Å². The normalized spacial score (nSPS) is 16.3. The average Bonchev–Trinajstić information content (AvgIpc) is 2.51. The van der Waals surface area contributed by atoms with Crippen molar-refractivity contribution in [1.82, 2.24) is 4.90 Å². The van der Waals surface area contributed by atoms with Crippen LogP contribution < -0.4 is 4.74 Å². The second-order valence-electron chi connectivity index (χ2n) is 7.18. The first-order valence-corrected chi connectivity index (χ1v) is 8.32. The molecule has 0 saturated carbocycles. The summed E-state index contributed by atoms with van der Waals surface area (Å²) in [6.07, 6.45) is -4.37. The maximum atomic E-state index is 12.6. The van der Waals surface area contributed by atoms with E-state index in [1.807, 2.05) is 0 Å². The molecule has 1 aromatic carbocycles. The third kappa shape index (κ3) is 5.93. The van der Waals surface area contributed by atoms with E-state index in [4.69, 9.17) is 4.74 Å². The molecule has 1 aromatic rings. The molecule has 1 heterocycles. The lowest BCUT2D eigenvalue weighted by Gasteiger charge is -2.33. The Labute approximate surface area is 150 Å². The molecule has 5 nitrogen and oxygen atoms in total. The fourth-order valence-electron chi connectivity index (χ4n) is 2.73. The highest BCUT2D eigenvalue weighted by Gasteiger charge is 2.33. The second kappa shape index (κ2) is 7.55. The Morgan fingerprint density at radius 2 is 1.73 bits per heavy atom. The number of likely N-dealkylation sites (tertiary alicyclic amines) is 1. The average molecular weight is 373 g/mol. The summed E-state index contributed by atoms with van der Waals surface area (Å²) in [6.45, 7) is 6.06. The van der Waals surface area contributed by atoms with Crippen molar-refractivity contribution in [3.05, 3.63) is 29.8 Å². The van der Waals surface area contributed by atoms with Crippen LogP contribution in [0.3, 0.4) is 0 Å². The Morgan fingerprint density at radius 1 is 1.12 bits per heavy atom. The first-order valence-electron chi connectivity index (χ1n) is 8.32. The number of alkyl halides is 3. The number of halogens is 3. The van der Waals surface area contributed by atoms with Gasteiger partial charge in [0.2, 0.25) is 0 Å². The molecule has 0 atom stereocenters. The number of carbonyl (C=O) groups excluding carboxylic acids is 2. The monoisotopic (exact) mass is 373 g/mol. The van der Waals surface area contributed by atoms with E-state index >= 15 is 0 Å². The SMILES string of the molecule is CC(C)(C)OC(=O)N1CCC(C(=O)c2cccc(OC(F)(F)F)c2)CC1. The first-order chi connectivity index (χ1) is 11.9. The lowest BCUT2D eigenvalue weighted by molar-refractivity contribution is -0.274. The molecule has 1 aliphatic heterocycles. The number of nitrogens with zero attached hydrogens (tertiary/aromatic N) is 1. The molecule has 0 spiro atoms. The molecule has 1 saturated heterocycles. The minimum atomic E-state index is -4.81. The molecular formula is C18H22F3NO4. The summed E-state index contributed by atoms with van der Waals surface area (Å²) in [5.74, 6) is -1.02. The van der Waals surface area contributed by atoms with Crippen molar-refractivity contribution in [2.75, 3.05) is 13.1 Å². The van der Waals surface area contributed by atoms with Gasteiger partial charge < -0.3 is 14.4 Å². The molecule has 1 amide bonds. The summed E-state index contributed by atoms with van der Waals surface area (Å²) >= 11 is 0. The van der Waals surface area contributed by atoms with Crippen molar-refractivity contribution in [3.63, 3.8) is 0 Å². The topological polar surface area (TPSA) is 55.8 Å². The van der Waals surface area contributed by atoms with Crippen LogP contribution in [0.25, 0.3) is 0 Å².